The van der Waals surface area contributed by atoms with Crippen LogP contribution in [0.3, 0.4) is 0 Å². The highest BCUT2D eigenvalue weighted by atomic mass is 32.2. The van der Waals surface area contributed by atoms with Crippen LogP contribution in [-0.2, 0) is 16.4 Å². The molecular weight excluding hydrogens is 262 g/mol. The Morgan fingerprint density at radius 2 is 2.16 bits per heavy atom. The summed E-state index contributed by atoms with van der Waals surface area (Å²) in [4.78, 5) is 4.11. The molecular formula is C13H19N3O2S. The van der Waals surface area contributed by atoms with Gasteiger partial charge in [0.1, 0.15) is 0 Å². The molecule has 0 spiro atoms. The molecule has 0 aromatic carbocycles. The number of aryl methyl sites for hydroxylation is 1. The molecule has 6 heteroatoms. The summed E-state index contributed by atoms with van der Waals surface area (Å²) in [6, 6.07) is 7.29. The second kappa shape index (κ2) is 7.22. The van der Waals surface area contributed by atoms with E-state index < -0.39 is 10.0 Å². The van der Waals surface area contributed by atoms with Crippen molar-refractivity contribution in [3.05, 3.63) is 30.1 Å². The zero-order chi connectivity index (χ0) is 14.3. The third-order valence-electron chi connectivity index (χ3n) is 2.72. The van der Waals surface area contributed by atoms with Crippen molar-refractivity contribution in [1.82, 2.24) is 9.29 Å². The average molecular weight is 281 g/mol. The van der Waals surface area contributed by atoms with Gasteiger partial charge in [-0.25, -0.2) is 8.42 Å². The van der Waals surface area contributed by atoms with E-state index >= 15 is 0 Å². The molecule has 0 aliphatic carbocycles. The Hall–Kier alpha value is -1.45. The monoisotopic (exact) mass is 281 g/mol. The van der Waals surface area contributed by atoms with Crippen LogP contribution < -0.4 is 0 Å². The van der Waals surface area contributed by atoms with Crippen molar-refractivity contribution in [2.75, 3.05) is 12.3 Å². The van der Waals surface area contributed by atoms with Crippen LogP contribution in [-0.4, -0.2) is 36.0 Å². The van der Waals surface area contributed by atoms with Crippen LogP contribution in [0, 0.1) is 11.3 Å². The maximum absolute atomic E-state index is 12.2. The van der Waals surface area contributed by atoms with E-state index in [0.717, 1.165) is 5.69 Å². The van der Waals surface area contributed by atoms with Gasteiger partial charge in [0.2, 0.25) is 10.0 Å². The first-order chi connectivity index (χ1) is 8.97. The summed E-state index contributed by atoms with van der Waals surface area (Å²) < 4.78 is 25.9. The molecule has 0 N–H and O–H groups in total. The van der Waals surface area contributed by atoms with Gasteiger partial charge in [0.05, 0.1) is 11.8 Å². The number of hydrogen-bond acceptors (Lipinski definition) is 4. The number of pyridine rings is 1. The Morgan fingerprint density at radius 3 is 2.68 bits per heavy atom. The maximum Gasteiger partial charge on any atom is 0.214 e. The van der Waals surface area contributed by atoms with Crippen molar-refractivity contribution in [2.45, 2.75) is 32.7 Å². The van der Waals surface area contributed by atoms with Crippen molar-refractivity contribution < 1.29 is 8.42 Å². The van der Waals surface area contributed by atoms with Gasteiger partial charge in [0.25, 0.3) is 0 Å². The van der Waals surface area contributed by atoms with Crippen molar-refractivity contribution in [3.63, 3.8) is 0 Å². The molecule has 1 rings (SSSR count). The zero-order valence-corrected chi connectivity index (χ0v) is 12.1. The number of nitriles is 1. The van der Waals surface area contributed by atoms with Gasteiger partial charge in [-0.3, -0.25) is 4.98 Å². The molecule has 1 aromatic heterocycles. The summed E-state index contributed by atoms with van der Waals surface area (Å²) in [5.41, 5.74) is 0.759. The molecule has 0 atom stereocenters. The first-order valence-corrected chi connectivity index (χ1v) is 7.84. The summed E-state index contributed by atoms with van der Waals surface area (Å²) in [5.74, 6) is 0.0215. The van der Waals surface area contributed by atoms with E-state index in [-0.39, 0.29) is 24.8 Å². The Kier molecular flexibility index (Phi) is 5.93. The standard InChI is InChI=1S/C13H19N3O2S/c1-12(2)16(10-5-8-14)19(17,18)11-7-13-6-3-4-9-15-13/h3-4,6,9,12H,5,7,10-11H2,1-2H3. The van der Waals surface area contributed by atoms with Crippen molar-refractivity contribution in [2.24, 2.45) is 0 Å². The number of aromatic nitrogens is 1. The zero-order valence-electron chi connectivity index (χ0n) is 11.3. The first-order valence-electron chi connectivity index (χ1n) is 6.23. The Morgan fingerprint density at radius 1 is 1.42 bits per heavy atom. The molecule has 0 bridgehead atoms. The van der Waals surface area contributed by atoms with Crippen LogP contribution in [0.15, 0.2) is 24.4 Å². The van der Waals surface area contributed by atoms with Crippen molar-refractivity contribution >= 4 is 10.0 Å². The fraction of sp³-hybridized carbons (Fsp3) is 0.538. The van der Waals surface area contributed by atoms with E-state index in [9.17, 15) is 8.42 Å². The smallest absolute Gasteiger partial charge is 0.214 e. The maximum atomic E-state index is 12.2. The molecule has 0 saturated heterocycles. The minimum atomic E-state index is -3.35. The number of sulfonamides is 1. The van der Waals surface area contributed by atoms with Gasteiger partial charge in [0.15, 0.2) is 0 Å². The van der Waals surface area contributed by atoms with E-state index in [0.29, 0.717) is 6.42 Å². The van der Waals surface area contributed by atoms with E-state index in [2.05, 4.69) is 4.98 Å². The molecule has 104 valence electrons. The summed E-state index contributed by atoms with van der Waals surface area (Å²) in [7, 11) is -3.35. The molecule has 0 radical (unpaired) electrons. The predicted molar refractivity (Wildman–Crippen MR) is 73.8 cm³/mol. The Labute approximate surface area is 114 Å². The van der Waals surface area contributed by atoms with Gasteiger partial charge in [-0.2, -0.15) is 9.57 Å². The third kappa shape index (κ3) is 4.97. The van der Waals surface area contributed by atoms with Gasteiger partial charge >= 0.3 is 0 Å². The Bertz CT molecular complexity index is 521. The van der Waals surface area contributed by atoms with Crippen molar-refractivity contribution in [3.8, 4) is 6.07 Å². The van der Waals surface area contributed by atoms with E-state index in [1.807, 2.05) is 32.0 Å². The number of rotatable bonds is 7. The molecule has 0 amide bonds. The summed E-state index contributed by atoms with van der Waals surface area (Å²) in [5, 5.41) is 8.59. The number of hydrogen-bond donors (Lipinski definition) is 0. The first kappa shape index (κ1) is 15.6. The van der Waals surface area contributed by atoms with Crippen LogP contribution in [0.1, 0.15) is 26.0 Å². The highest BCUT2D eigenvalue weighted by Crippen LogP contribution is 2.10. The predicted octanol–water partition coefficient (Wildman–Crippen LogP) is 1.58. The fourth-order valence-electron chi connectivity index (χ4n) is 1.78. The highest BCUT2D eigenvalue weighted by molar-refractivity contribution is 7.89. The average Bonchev–Trinajstić information content (AvgIpc) is 2.37. The Balaban J connectivity index is 2.70. The normalized spacial score (nSPS) is 11.7. The van der Waals surface area contributed by atoms with Crippen molar-refractivity contribution in [1.29, 1.82) is 5.26 Å². The minimum Gasteiger partial charge on any atom is -0.261 e. The lowest BCUT2D eigenvalue weighted by atomic mass is 10.3. The quantitative estimate of drug-likeness (QED) is 0.760. The van der Waals surface area contributed by atoms with Crippen LogP contribution in [0.5, 0.6) is 0 Å². The molecule has 5 nitrogen and oxygen atoms in total. The molecule has 0 saturated carbocycles. The fourth-order valence-corrected chi connectivity index (χ4v) is 3.49. The lowest BCUT2D eigenvalue weighted by molar-refractivity contribution is 0.360. The molecule has 0 aliphatic rings. The topological polar surface area (TPSA) is 74.1 Å². The van der Waals surface area contributed by atoms with E-state index in [1.165, 1.54) is 4.31 Å². The van der Waals surface area contributed by atoms with Gasteiger partial charge in [0, 0.05) is 37.3 Å². The highest BCUT2D eigenvalue weighted by Gasteiger charge is 2.24. The third-order valence-corrected chi connectivity index (χ3v) is 4.76. The minimum absolute atomic E-state index is 0.0215. The number of nitrogens with zero attached hydrogens (tertiary/aromatic N) is 3. The van der Waals surface area contributed by atoms with Gasteiger partial charge in [-0.05, 0) is 26.0 Å². The van der Waals surface area contributed by atoms with Gasteiger partial charge in [-0.1, -0.05) is 6.07 Å². The molecule has 0 fully saturated rings. The largest absolute Gasteiger partial charge is 0.261 e. The van der Waals surface area contributed by atoms with Gasteiger partial charge < -0.3 is 0 Å². The molecule has 0 aliphatic heterocycles. The second-order valence-corrected chi connectivity index (χ2v) is 6.54. The lowest BCUT2D eigenvalue weighted by Gasteiger charge is -2.24. The molecule has 19 heavy (non-hydrogen) atoms. The van der Waals surface area contributed by atoms with Crippen LogP contribution >= 0.6 is 0 Å². The van der Waals surface area contributed by atoms with Crippen LogP contribution in [0.2, 0.25) is 0 Å². The second-order valence-electron chi connectivity index (χ2n) is 4.50. The SMILES string of the molecule is CC(C)N(CCC#N)S(=O)(=O)CCc1ccccn1. The summed E-state index contributed by atoms with van der Waals surface area (Å²) in [6.45, 7) is 3.88. The molecule has 1 aromatic rings. The molecule has 0 unspecified atom stereocenters. The van der Waals surface area contributed by atoms with E-state index in [1.54, 1.807) is 12.3 Å². The lowest BCUT2D eigenvalue weighted by Crippen LogP contribution is -2.39. The molecule has 1 heterocycles. The summed E-state index contributed by atoms with van der Waals surface area (Å²) >= 11 is 0. The van der Waals surface area contributed by atoms with E-state index in [4.69, 9.17) is 5.26 Å². The van der Waals surface area contributed by atoms with Crippen LogP contribution in [0.4, 0.5) is 0 Å². The van der Waals surface area contributed by atoms with Crippen LogP contribution in [0.25, 0.3) is 0 Å². The summed E-state index contributed by atoms with van der Waals surface area (Å²) in [6.07, 6.45) is 2.25. The van der Waals surface area contributed by atoms with Gasteiger partial charge in [-0.15, -0.1) is 0 Å².